The van der Waals surface area contributed by atoms with Crippen LogP contribution in [0.4, 0.5) is 0 Å². The number of aryl methyl sites for hydroxylation is 2. The highest BCUT2D eigenvalue weighted by molar-refractivity contribution is 14.0. The summed E-state index contributed by atoms with van der Waals surface area (Å²) in [6.07, 6.45) is 1.81. The quantitative estimate of drug-likeness (QED) is 0.365. The number of fused-ring (bicyclic) bond motifs is 1. The Hall–Kier alpha value is -1.97. The molecule has 2 N–H and O–H groups in total. The summed E-state index contributed by atoms with van der Waals surface area (Å²) >= 11 is 0. The van der Waals surface area contributed by atoms with E-state index < -0.39 is 0 Å². The number of guanidine groups is 1. The van der Waals surface area contributed by atoms with Gasteiger partial charge in [0.05, 0.1) is 18.9 Å². The lowest BCUT2D eigenvalue weighted by Crippen LogP contribution is -2.42. The largest absolute Gasteiger partial charge is 0.490 e. The number of aromatic nitrogens is 2. The van der Waals surface area contributed by atoms with Crippen molar-refractivity contribution in [2.24, 2.45) is 12.0 Å². The molecule has 2 heterocycles. The molecule has 0 saturated carbocycles. The van der Waals surface area contributed by atoms with Crippen molar-refractivity contribution in [3.63, 3.8) is 0 Å². The van der Waals surface area contributed by atoms with Gasteiger partial charge in [-0.2, -0.15) is 5.10 Å². The van der Waals surface area contributed by atoms with Crippen LogP contribution in [0.1, 0.15) is 35.9 Å². The van der Waals surface area contributed by atoms with Crippen LogP contribution in [0.3, 0.4) is 0 Å². The van der Waals surface area contributed by atoms with Gasteiger partial charge in [0.1, 0.15) is 0 Å². The Labute approximate surface area is 190 Å². The third-order valence-corrected chi connectivity index (χ3v) is 5.05. The van der Waals surface area contributed by atoms with Crippen LogP contribution in [0.2, 0.25) is 0 Å². The summed E-state index contributed by atoms with van der Waals surface area (Å²) in [4.78, 5) is 4.35. The Morgan fingerprint density at radius 3 is 2.62 bits per heavy atom. The maximum absolute atomic E-state index is 5.77. The third kappa shape index (κ3) is 6.01. The van der Waals surface area contributed by atoms with Crippen LogP contribution >= 0.6 is 24.0 Å². The van der Waals surface area contributed by atoms with E-state index in [0.29, 0.717) is 19.8 Å². The monoisotopic (exact) mass is 513 g/mol. The summed E-state index contributed by atoms with van der Waals surface area (Å²) in [7, 11) is 3.77. The topological polar surface area (TPSA) is 72.7 Å². The number of benzene rings is 1. The molecule has 1 aliphatic heterocycles. The van der Waals surface area contributed by atoms with Crippen LogP contribution < -0.4 is 20.1 Å². The minimum Gasteiger partial charge on any atom is -0.490 e. The highest BCUT2D eigenvalue weighted by atomic mass is 127. The van der Waals surface area contributed by atoms with Gasteiger partial charge in [-0.15, -0.1) is 24.0 Å². The molecule has 0 fully saturated rings. The van der Waals surface area contributed by atoms with Gasteiger partial charge < -0.3 is 20.1 Å². The van der Waals surface area contributed by atoms with Crippen molar-refractivity contribution in [3.8, 4) is 11.5 Å². The predicted molar refractivity (Wildman–Crippen MR) is 127 cm³/mol. The van der Waals surface area contributed by atoms with Crippen LogP contribution in [0.15, 0.2) is 23.2 Å². The maximum Gasteiger partial charge on any atom is 0.191 e. The van der Waals surface area contributed by atoms with E-state index in [0.717, 1.165) is 41.6 Å². The Balaban J connectivity index is 0.00000300. The minimum absolute atomic E-state index is 0. The molecule has 1 unspecified atom stereocenters. The van der Waals surface area contributed by atoms with E-state index in [1.807, 2.05) is 23.9 Å². The number of nitrogens with zero attached hydrogens (tertiary/aromatic N) is 3. The number of hydrogen-bond donors (Lipinski definition) is 2. The lowest BCUT2D eigenvalue weighted by atomic mass is 10.1. The van der Waals surface area contributed by atoms with E-state index in [1.54, 1.807) is 7.05 Å². The summed E-state index contributed by atoms with van der Waals surface area (Å²) in [6, 6.07) is 6.30. The van der Waals surface area contributed by atoms with Crippen molar-refractivity contribution in [3.05, 3.63) is 40.7 Å². The molecule has 1 aromatic carbocycles. The SMILES string of the molecule is CN=C(NCc1ccc2c(c1)OCCCO2)NC(C)Cc1c(C)nn(C)c1C.I. The van der Waals surface area contributed by atoms with Crippen molar-refractivity contribution in [2.45, 2.75) is 46.2 Å². The zero-order chi connectivity index (χ0) is 20.1. The molecule has 0 aliphatic carbocycles. The molecule has 0 saturated heterocycles. The number of aliphatic imine (C=N–C) groups is 1. The van der Waals surface area contributed by atoms with E-state index >= 15 is 0 Å². The lowest BCUT2D eigenvalue weighted by molar-refractivity contribution is 0.297. The van der Waals surface area contributed by atoms with Crippen molar-refractivity contribution in [1.29, 1.82) is 0 Å². The second-order valence-electron chi connectivity index (χ2n) is 7.28. The molecular formula is C21H32IN5O2. The molecule has 0 amide bonds. The van der Waals surface area contributed by atoms with Gasteiger partial charge in [0.15, 0.2) is 17.5 Å². The first-order chi connectivity index (χ1) is 13.5. The summed E-state index contributed by atoms with van der Waals surface area (Å²) in [6.45, 7) is 8.39. The molecule has 3 rings (SSSR count). The standard InChI is InChI=1S/C21H31N5O2.HI/c1-14(11-18-15(2)25-26(5)16(18)3)24-21(22-4)23-13-17-7-8-19-20(12-17)28-10-6-9-27-19;/h7-8,12,14H,6,9-11,13H2,1-5H3,(H2,22,23,24);1H. The van der Waals surface area contributed by atoms with Crippen molar-refractivity contribution in [2.75, 3.05) is 20.3 Å². The van der Waals surface area contributed by atoms with E-state index in [-0.39, 0.29) is 30.0 Å². The molecule has 7 nitrogen and oxygen atoms in total. The van der Waals surface area contributed by atoms with Crippen molar-refractivity contribution >= 4 is 29.9 Å². The maximum atomic E-state index is 5.77. The number of hydrogen-bond acceptors (Lipinski definition) is 4. The number of rotatable bonds is 5. The minimum atomic E-state index is 0. The molecule has 29 heavy (non-hydrogen) atoms. The van der Waals surface area contributed by atoms with Crippen LogP contribution in [0, 0.1) is 13.8 Å². The Morgan fingerprint density at radius 1 is 1.24 bits per heavy atom. The molecule has 0 spiro atoms. The van der Waals surface area contributed by atoms with Gasteiger partial charge in [0.25, 0.3) is 0 Å². The van der Waals surface area contributed by atoms with Gasteiger partial charge >= 0.3 is 0 Å². The number of nitrogens with one attached hydrogen (secondary N) is 2. The van der Waals surface area contributed by atoms with Crippen LogP contribution in [0.5, 0.6) is 11.5 Å². The fourth-order valence-corrected chi connectivity index (χ4v) is 3.40. The van der Waals surface area contributed by atoms with Gasteiger partial charge in [-0.1, -0.05) is 6.07 Å². The average Bonchev–Trinajstić information content (AvgIpc) is 2.85. The zero-order valence-corrected chi connectivity index (χ0v) is 20.2. The van der Waals surface area contributed by atoms with Gasteiger partial charge in [0, 0.05) is 38.8 Å². The molecule has 2 aromatic rings. The second kappa shape index (κ2) is 10.7. The molecule has 0 radical (unpaired) electrons. The van der Waals surface area contributed by atoms with E-state index in [2.05, 4.69) is 47.6 Å². The average molecular weight is 513 g/mol. The Bertz CT molecular complexity index is 850. The Morgan fingerprint density at radius 2 is 1.97 bits per heavy atom. The second-order valence-corrected chi connectivity index (χ2v) is 7.28. The first-order valence-corrected chi connectivity index (χ1v) is 9.82. The fourth-order valence-electron chi connectivity index (χ4n) is 3.40. The zero-order valence-electron chi connectivity index (χ0n) is 17.9. The van der Waals surface area contributed by atoms with Gasteiger partial charge in [-0.25, -0.2) is 0 Å². The van der Waals surface area contributed by atoms with Crippen molar-refractivity contribution in [1.82, 2.24) is 20.4 Å². The Kier molecular flexibility index (Phi) is 8.60. The summed E-state index contributed by atoms with van der Waals surface area (Å²) in [5.74, 6) is 2.41. The number of halogens is 1. The van der Waals surface area contributed by atoms with Crippen LogP contribution in [0.25, 0.3) is 0 Å². The predicted octanol–water partition coefficient (Wildman–Crippen LogP) is 3.11. The molecule has 8 heteroatoms. The molecule has 1 aliphatic rings. The summed E-state index contributed by atoms with van der Waals surface area (Å²) < 4.78 is 13.4. The van der Waals surface area contributed by atoms with Gasteiger partial charge in [-0.3, -0.25) is 9.67 Å². The lowest BCUT2D eigenvalue weighted by Gasteiger charge is -2.18. The van der Waals surface area contributed by atoms with E-state index in [4.69, 9.17) is 9.47 Å². The molecule has 1 aromatic heterocycles. The summed E-state index contributed by atoms with van der Waals surface area (Å²) in [5, 5.41) is 11.4. The van der Waals surface area contributed by atoms with Crippen LogP contribution in [-0.4, -0.2) is 42.0 Å². The molecule has 1 atom stereocenters. The first-order valence-electron chi connectivity index (χ1n) is 9.82. The fraction of sp³-hybridized carbons (Fsp3) is 0.524. The van der Waals surface area contributed by atoms with Crippen molar-refractivity contribution < 1.29 is 9.47 Å². The van der Waals surface area contributed by atoms with Gasteiger partial charge in [0.2, 0.25) is 0 Å². The highest BCUT2D eigenvalue weighted by Crippen LogP contribution is 2.30. The van der Waals surface area contributed by atoms with E-state index in [9.17, 15) is 0 Å². The smallest absolute Gasteiger partial charge is 0.191 e. The van der Waals surface area contributed by atoms with E-state index in [1.165, 1.54) is 11.3 Å². The number of ether oxygens (including phenoxy) is 2. The van der Waals surface area contributed by atoms with Crippen LogP contribution in [-0.2, 0) is 20.0 Å². The first kappa shape index (κ1) is 23.3. The third-order valence-electron chi connectivity index (χ3n) is 5.05. The molecule has 0 bridgehead atoms. The molecular weight excluding hydrogens is 481 g/mol. The molecule has 160 valence electrons. The highest BCUT2D eigenvalue weighted by Gasteiger charge is 2.14. The normalized spacial score (nSPS) is 14.6. The summed E-state index contributed by atoms with van der Waals surface area (Å²) in [5.41, 5.74) is 4.71. The van der Waals surface area contributed by atoms with Gasteiger partial charge in [-0.05, 0) is 50.5 Å².